The quantitative estimate of drug-likeness (QED) is 0.390. The van der Waals surface area contributed by atoms with Crippen LogP contribution in [-0.4, -0.2) is 0 Å². The molecule has 0 aromatic heterocycles. The fourth-order valence-corrected chi connectivity index (χ4v) is 0. The first-order valence-corrected chi connectivity index (χ1v) is 0. The summed E-state index contributed by atoms with van der Waals surface area (Å²) in [5.41, 5.74) is 0. The van der Waals surface area contributed by atoms with Crippen LogP contribution < -0.4 is 68.5 Å². The van der Waals surface area contributed by atoms with Crippen LogP contribution in [0, 0.1) is 37.7 Å². The minimum atomic E-state index is 0. The van der Waals surface area contributed by atoms with Crippen molar-refractivity contribution in [2.75, 3.05) is 0 Å². The van der Waals surface area contributed by atoms with E-state index < -0.39 is 0 Å². The maximum Gasteiger partial charge on any atom is 3.00 e. The molecule has 0 aromatic rings. The van der Waals surface area contributed by atoms with Gasteiger partial charge < -0.3 is 49.6 Å². The SMILES string of the molecule is [Cl-].[Cl-].[Cl-].[Cl-].[Ho+3].[Li+]. The van der Waals surface area contributed by atoms with Crippen molar-refractivity contribution >= 4 is 0 Å². The van der Waals surface area contributed by atoms with Crippen molar-refractivity contribution in [1.82, 2.24) is 0 Å². The molecule has 0 aliphatic carbocycles. The number of halogens is 4. The molecular formula is Cl4HoLi. The third-order valence-electron chi connectivity index (χ3n) is 0. The topological polar surface area (TPSA) is 0 Å². The van der Waals surface area contributed by atoms with Crippen molar-refractivity contribution in [2.45, 2.75) is 0 Å². The Hall–Kier alpha value is 3.02. The largest absolute Gasteiger partial charge is 3.00 e. The summed E-state index contributed by atoms with van der Waals surface area (Å²) in [6, 6.07) is 0. The van der Waals surface area contributed by atoms with Crippen LogP contribution in [-0.2, 0) is 0 Å². The van der Waals surface area contributed by atoms with Gasteiger partial charge in [-0.05, 0) is 0 Å². The van der Waals surface area contributed by atoms with Crippen LogP contribution in [0.2, 0.25) is 0 Å². The van der Waals surface area contributed by atoms with Crippen molar-refractivity contribution in [3.63, 3.8) is 0 Å². The minimum absolute atomic E-state index is 0. The second-order valence-corrected chi connectivity index (χ2v) is 0. The predicted molar refractivity (Wildman–Crippen MR) is 0 cm³/mol. The van der Waals surface area contributed by atoms with Crippen molar-refractivity contribution in [1.29, 1.82) is 0 Å². The van der Waals surface area contributed by atoms with E-state index in [1.54, 1.807) is 0 Å². The van der Waals surface area contributed by atoms with Gasteiger partial charge in [0.15, 0.2) is 0 Å². The average molecular weight is 314 g/mol. The Balaban J connectivity index is 0. The van der Waals surface area contributed by atoms with Crippen molar-refractivity contribution < 1.29 is 106 Å². The standard InChI is InChI=1S/4ClH.Ho.Li/h4*1H;;/q;;;;+3;+1/p-4. The fraction of sp³-hybridized carbons (Fsp3) is 0. The van der Waals surface area contributed by atoms with E-state index in [2.05, 4.69) is 0 Å². The van der Waals surface area contributed by atoms with E-state index in [0.717, 1.165) is 0 Å². The normalized spacial score (nSPS) is 0. The molecule has 0 radical (unpaired) electrons. The first-order chi connectivity index (χ1) is 0. The number of hydrogen-bond acceptors (Lipinski definition) is 0. The molecule has 0 aliphatic heterocycles. The van der Waals surface area contributed by atoms with E-state index in [4.69, 9.17) is 0 Å². The smallest absolute Gasteiger partial charge is 1.00 e. The summed E-state index contributed by atoms with van der Waals surface area (Å²) in [5, 5.41) is 0. The molecule has 0 atom stereocenters. The number of rotatable bonds is 0. The van der Waals surface area contributed by atoms with Gasteiger partial charge in [0.2, 0.25) is 0 Å². The number of hydrogen-bond donors (Lipinski definition) is 0. The van der Waals surface area contributed by atoms with Gasteiger partial charge in [-0.3, -0.25) is 0 Å². The zero-order valence-electron chi connectivity index (χ0n) is 2.81. The molecule has 0 fully saturated rings. The maximum absolute atomic E-state index is 0. The molecular weight excluding hydrogens is 314 g/mol. The fourth-order valence-electron chi connectivity index (χ4n) is 0. The van der Waals surface area contributed by atoms with Gasteiger partial charge in [-0.2, -0.15) is 0 Å². The van der Waals surface area contributed by atoms with Crippen molar-refractivity contribution in [2.24, 2.45) is 0 Å². The van der Waals surface area contributed by atoms with Gasteiger partial charge in [0, 0.05) is 0 Å². The molecule has 0 N–H and O–H groups in total. The van der Waals surface area contributed by atoms with E-state index >= 15 is 0 Å². The summed E-state index contributed by atoms with van der Waals surface area (Å²) in [6.45, 7) is 0. The Bertz CT molecular complexity index is 7.51. The first-order valence-electron chi connectivity index (χ1n) is 0. The molecule has 0 saturated heterocycles. The predicted octanol–water partition coefficient (Wildman–Crippen LogP) is -15.0. The van der Waals surface area contributed by atoms with E-state index in [-0.39, 0.29) is 106 Å². The molecule has 0 spiro atoms. The van der Waals surface area contributed by atoms with Crippen molar-refractivity contribution in [3.8, 4) is 0 Å². The minimum Gasteiger partial charge on any atom is -1.00 e. The Morgan fingerprint density at radius 3 is 0.500 bits per heavy atom. The van der Waals surface area contributed by atoms with Crippen LogP contribution in [0.25, 0.3) is 0 Å². The first kappa shape index (κ1) is 63.7. The molecule has 0 bridgehead atoms. The second-order valence-electron chi connectivity index (χ2n) is 0. The summed E-state index contributed by atoms with van der Waals surface area (Å²) in [4.78, 5) is 0. The third-order valence-corrected chi connectivity index (χ3v) is 0. The molecule has 0 heterocycles. The monoisotopic (exact) mass is 312 g/mol. The Kier molecular flexibility index (Phi) is 460. The average Bonchev–Trinajstić information content (AvgIpc) is 0. The van der Waals surface area contributed by atoms with Crippen LogP contribution in [0.1, 0.15) is 0 Å². The molecule has 0 rings (SSSR count). The summed E-state index contributed by atoms with van der Waals surface area (Å²) < 4.78 is 0. The molecule has 0 saturated carbocycles. The van der Waals surface area contributed by atoms with Gasteiger partial charge in [0.1, 0.15) is 0 Å². The van der Waals surface area contributed by atoms with Gasteiger partial charge in [-0.1, -0.05) is 0 Å². The summed E-state index contributed by atoms with van der Waals surface area (Å²) >= 11 is 0. The summed E-state index contributed by atoms with van der Waals surface area (Å²) in [5.74, 6) is 0. The molecule has 0 nitrogen and oxygen atoms in total. The van der Waals surface area contributed by atoms with Crippen molar-refractivity contribution in [3.05, 3.63) is 0 Å². The molecule has 0 aliphatic rings. The van der Waals surface area contributed by atoms with Gasteiger partial charge in [-0.15, -0.1) is 0 Å². The molecule has 0 unspecified atom stereocenters. The molecule has 0 amide bonds. The summed E-state index contributed by atoms with van der Waals surface area (Å²) in [7, 11) is 0. The van der Waals surface area contributed by atoms with Crippen LogP contribution in [0.5, 0.6) is 0 Å². The van der Waals surface area contributed by atoms with E-state index in [9.17, 15) is 0 Å². The Morgan fingerprint density at radius 1 is 0.500 bits per heavy atom. The van der Waals surface area contributed by atoms with E-state index in [1.807, 2.05) is 0 Å². The van der Waals surface area contributed by atoms with E-state index in [0.29, 0.717) is 0 Å². The van der Waals surface area contributed by atoms with Gasteiger partial charge in [0.05, 0.1) is 0 Å². The molecule has 6 heteroatoms. The molecule has 6 heavy (non-hydrogen) atoms. The van der Waals surface area contributed by atoms with Gasteiger partial charge in [0.25, 0.3) is 0 Å². The third kappa shape index (κ3) is 27.9. The van der Waals surface area contributed by atoms with Crippen LogP contribution in [0.15, 0.2) is 0 Å². The van der Waals surface area contributed by atoms with Crippen LogP contribution in [0.3, 0.4) is 0 Å². The van der Waals surface area contributed by atoms with Crippen LogP contribution >= 0.6 is 0 Å². The van der Waals surface area contributed by atoms with Gasteiger partial charge in [-0.25, -0.2) is 0 Å². The zero-order chi connectivity index (χ0) is 0. The zero-order valence-corrected chi connectivity index (χ0v) is 7.77. The Morgan fingerprint density at radius 2 is 0.500 bits per heavy atom. The van der Waals surface area contributed by atoms with Gasteiger partial charge >= 0.3 is 56.6 Å². The molecule has 0 aromatic carbocycles. The maximum atomic E-state index is 0. The second kappa shape index (κ2) is 43.4. The van der Waals surface area contributed by atoms with E-state index in [1.165, 1.54) is 0 Å². The Labute approximate surface area is 104 Å². The molecule has 40 valence electrons. The van der Waals surface area contributed by atoms with Crippen LogP contribution in [0.4, 0.5) is 0 Å². The summed E-state index contributed by atoms with van der Waals surface area (Å²) in [6.07, 6.45) is 0.